The monoisotopic (exact) mass is 380 g/mol. The Morgan fingerprint density at radius 3 is 2.14 bits per heavy atom. The summed E-state index contributed by atoms with van der Waals surface area (Å²) < 4.78 is 5.13. The average Bonchev–Trinajstić information content (AvgIpc) is 3.21. The fourth-order valence-corrected chi connectivity index (χ4v) is 2.33. The molecule has 3 rings (SSSR count). The minimum absolute atomic E-state index is 0.0858. The Balaban J connectivity index is 1.52. The predicted molar refractivity (Wildman–Crippen MR) is 102 cm³/mol. The lowest BCUT2D eigenvalue weighted by Gasteiger charge is -2.09. The van der Waals surface area contributed by atoms with Crippen LogP contribution < -0.4 is 16.0 Å². The van der Waals surface area contributed by atoms with Gasteiger partial charge in [-0.2, -0.15) is 0 Å². The molecule has 0 saturated heterocycles. The van der Waals surface area contributed by atoms with Crippen LogP contribution in [0.2, 0.25) is 0 Å². The first-order chi connectivity index (χ1) is 13.5. The lowest BCUT2D eigenvalue weighted by molar-refractivity contribution is -0.384. The third-order valence-corrected chi connectivity index (χ3v) is 3.74. The molecule has 0 saturated carbocycles. The summed E-state index contributed by atoms with van der Waals surface area (Å²) in [5.74, 6) is 0.242. The minimum Gasteiger partial charge on any atom is -0.467 e. The van der Waals surface area contributed by atoms with Gasteiger partial charge in [0, 0.05) is 29.1 Å². The standard InChI is InChI=1S/C19H16N4O5/c24-18(13-3-9-16(10-4-13)23(26)27)21-14-5-7-15(8-6-14)22-19(25)20-12-17-2-1-11-28-17/h1-11H,12H2,(H,21,24)(H2,20,22,25). The van der Waals surface area contributed by atoms with Crippen molar-refractivity contribution in [1.29, 1.82) is 0 Å². The van der Waals surface area contributed by atoms with Crippen LogP contribution in [0, 0.1) is 10.1 Å². The van der Waals surface area contributed by atoms with E-state index >= 15 is 0 Å². The van der Waals surface area contributed by atoms with Crippen molar-refractivity contribution in [3.8, 4) is 0 Å². The zero-order chi connectivity index (χ0) is 19.9. The van der Waals surface area contributed by atoms with Crippen molar-refractivity contribution in [2.75, 3.05) is 10.6 Å². The van der Waals surface area contributed by atoms with E-state index in [1.54, 1.807) is 36.4 Å². The van der Waals surface area contributed by atoms with Crippen molar-refractivity contribution in [2.24, 2.45) is 0 Å². The molecule has 9 heteroatoms. The van der Waals surface area contributed by atoms with E-state index < -0.39 is 10.8 Å². The molecule has 0 aliphatic heterocycles. The Morgan fingerprint density at radius 2 is 1.57 bits per heavy atom. The summed E-state index contributed by atoms with van der Waals surface area (Å²) in [5, 5.41) is 18.6. The number of nitro groups is 1. The number of hydrogen-bond acceptors (Lipinski definition) is 5. The molecule has 0 radical (unpaired) electrons. The van der Waals surface area contributed by atoms with Gasteiger partial charge in [-0.1, -0.05) is 0 Å². The highest BCUT2D eigenvalue weighted by Crippen LogP contribution is 2.16. The fraction of sp³-hybridized carbons (Fsp3) is 0.0526. The number of furan rings is 1. The van der Waals surface area contributed by atoms with Gasteiger partial charge < -0.3 is 20.4 Å². The van der Waals surface area contributed by atoms with E-state index in [9.17, 15) is 19.7 Å². The summed E-state index contributed by atoms with van der Waals surface area (Å²) >= 11 is 0. The molecule has 3 aromatic rings. The van der Waals surface area contributed by atoms with E-state index in [2.05, 4.69) is 16.0 Å². The van der Waals surface area contributed by atoms with Crippen molar-refractivity contribution in [3.63, 3.8) is 0 Å². The Labute approximate surface area is 159 Å². The van der Waals surface area contributed by atoms with Gasteiger partial charge in [0.05, 0.1) is 17.7 Å². The molecule has 9 nitrogen and oxygen atoms in total. The summed E-state index contributed by atoms with van der Waals surface area (Å²) in [4.78, 5) is 34.2. The van der Waals surface area contributed by atoms with Crippen LogP contribution in [0.5, 0.6) is 0 Å². The second-order valence-corrected chi connectivity index (χ2v) is 5.72. The number of nitrogens with one attached hydrogen (secondary N) is 3. The van der Waals surface area contributed by atoms with E-state index in [1.807, 2.05) is 0 Å². The number of nitrogens with zero attached hydrogens (tertiary/aromatic N) is 1. The van der Waals surface area contributed by atoms with Crippen molar-refractivity contribution in [3.05, 3.63) is 88.4 Å². The molecule has 1 heterocycles. The maximum absolute atomic E-state index is 12.2. The largest absolute Gasteiger partial charge is 0.467 e. The van der Waals surface area contributed by atoms with E-state index in [1.165, 1.54) is 30.5 Å². The van der Waals surface area contributed by atoms with Crippen LogP contribution in [0.4, 0.5) is 21.9 Å². The molecule has 0 bridgehead atoms. The third-order valence-electron chi connectivity index (χ3n) is 3.74. The summed E-state index contributed by atoms with van der Waals surface area (Å²) in [6, 6.07) is 14.9. The lowest BCUT2D eigenvalue weighted by Crippen LogP contribution is -2.27. The maximum atomic E-state index is 12.2. The van der Waals surface area contributed by atoms with Crippen molar-refractivity contribution in [2.45, 2.75) is 6.54 Å². The molecule has 28 heavy (non-hydrogen) atoms. The van der Waals surface area contributed by atoms with Crippen LogP contribution in [0.15, 0.2) is 71.3 Å². The molecule has 0 spiro atoms. The molecule has 0 unspecified atom stereocenters. The second-order valence-electron chi connectivity index (χ2n) is 5.72. The van der Waals surface area contributed by atoms with Gasteiger partial charge in [0.1, 0.15) is 5.76 Å². The molecule has 0 aliphatic carbocycles. The quantitative estimate of drug-likeness (QED) is 0.443. The normalized spacial score (nSPS) is 10.1. The Kier molecular flexibility index (Phi) is 5.66. The van der Waals surface area contributed by atoms with Gasteiger partial charge in [-0.25, -0.2) is 4.79 Å². The van der Waals surface area contributed by atoms with E-state index in [0.29, 0.717) is 22.7 Å². The first-order valence-corrected chi connectivity index (χ1v) is 8.24. The van der Waals surface area contributed by atoms with Gasteiger partial charge >= 0.3 is 6.03 Å². The number of carbonyl (C=O) groups is 2. The molecule has 0 atom stereocenters. The number of nitro benzene ring substituents is 1. The number of hydrogen-bond donors (Lipinski definition) is 3. The van der Waals surface area contributed by atoms with Crippen LogP contribution in [0.1, 0.15) is 16.1 Å². The van der Waals surface area contributed by atoms with Crippen LogP contribution in [-0.4, -0.2) is 16.9 Å². The number of anilines is 2. The number of benzene rings is 2. The molecular weight excluding hydrogens is 364 g/mol. The summed E-state index contributed by atoms with van der Waals surface area (Å²) in [7, 11) is 0. The zero-order valence-electron chi connectivity index (χ0n) is 14.5. The minimum atomic E-state index is -0.530. The summed E-state index contributed by atoms with van der Waals surface area (Å²) in [5.41, 5.74) is 1.28. The average molecular weight is 380 g/mol. The molecule has 1 aromatic heterocycles. The number of amides is 3. The predicted octanol–water partition coefficient (Wildman–Crippen LogP) is 3.76. The Bertz CT molecular complexity index is 967. The van der Waals surface area contributed by atoms with Crippen LogP contribution in [0.25, 0.3) is 0 Å². The van der Waals surface area contributed by atoms with E-state index in [0.717, 1.165) is 0 Å². The molecule has 3 N–H and O–H groups in total. The zero-order valence-corrected chi connectivity index (χ0v) is 14.5. The first-order valence-electron chi connectivity index (χ1n) is 8.24. The number of carbonyl (C=O) groups excluding carboxylic acids is 2. The van der Waals surface area contributed by atoms with Crippen LogP contribution >= 0.6 is 0 Å². The molecule has 0 fully saturated rings. The van der Waals surface area contributed by atoms with Gasteiger partial charge in [-0.05, 0) is 48.5 Å². The van der Waals surface area contributed by atoms with E-state index in [-0.39, 0.29) is 18.3 Å². The number of rotatable bonds is 6. The Hall–Kier alpha value is -4.14. The van der Waals surface area contributed by atoms with Gasteiger partial charge in [0.15, 0.2) is 0 Å². The van der Waals surface area contributed by atoms with Crippen LogP contribution in [0.3, 0.4) is 0 Å². The molecule has 0 aliphatic rings. The third kappa shape index (κ3) is 4.94. The lowest BCUT2D eigenvalue weighted by atomic mass is 10.2. The second kappa shape index (κ2) is 8.49. The van der Waals surface area contributed by atoms with Gasteiger partial charge in [-0.3, -0.25) is 14.9 Å². The molecular formula is C19H16N4O5. The molecule has 3 amide bonds. The Morgan fingerprint density at radius 1 is 0.929 bits per heavy atom. The molecule has 142 valence electrons. The van der Waals surface area contributed by atoms with Gasteiger partial charge in [0.2, 0.25) is 0 Å². The summed E-state index contributed by atoms with van der Waals surface area (Å²) in [6.45, 7) is 0.266. The van der Waals surface area contributed by atoms with E-state index in [4.69, 9.17) is 4.42 Å². The topological polar surface area (TPSA) is 127 Å². The smallest absolute Gasteiger partial charge is 0.319 e. The SMILES string of the molecule is O=C(NCc1ccco1)Nc1ccc(NC(=O)c2ccc([N+](=O)[O-])cc2)cc1. The van der Waals surface area contributed by atoms with Crippen molar-refractivity contribution in [1.82, 2.24) is 5.32 Å². The molecule has 2 aromatic carbocycles. The van der Waals surface area contributed by atoms with Gasteiger partial charge in [-0.15, -0.1) is 0 Å². The number of urea groups is 1. The highest BCUT2D eigenvalue weighted by Gasteiger charge is 2.10. The first kappa shape index (κ1) is 18.6. The van der Waals surface area contributed by atoms with Gasteiger partial charge in [0.25, 0.3) is 11.6 Å². The number of non-ortho nitro benzene ring substituents is 1. The fourth-order valence-electron chi connectivity index (χ4n) is 2.33. The summed E-state index contributed by atoms with van der Waals surface area (Å²) in [6.07, 6.45) is 1.53. The maximum Gasteiger partial charge on any atom is 0.319 e. The van der Waals surface area contributed by atoms with Crippen molar-refractivity contribution < 1.29 is 18.9 Å². The van der Waals surface area contributed by atoms with Crippen LogP contribution in [-0.2, 0) is 6.54 Å². The highest BCUT2D eigenvalue weighted by atomic mass is 16.6. The highest BCUT2D eigenvalue weighted by molar-refractivity contribution is 6.04. The van der Waals surface area contributed by atoms with Crippen molar-refractivity contribution >= 4 is 29.0 Å².